The van der Waals surface area contributed by atoms with Gasteiger partial charge in [-0.05, 0) is 53.4 Å². The van der Waals surface area contributed by atoms with Gasteiger partial charge in [-0.1, -0.05) is 32.9 Å². The van der Waals surface area contributed by atoms with Crippen LogP contribution in [0.15, 0.2) is 60.7 Å². The molecule has 0 radical (unpaired) electrons. The first-order chi connectivity index (χ1) is 15.8. The van der Waals surface area contributed by atoms with Crippen molar-refractivity contribution >= 4 is 11.6 Å². The minimum absolute atomic E-state index is 0.0505. The fourth-order valence-corrected chi connectivity index (χ4v) is 3.31. The van der Waals surface area contributed by atoms with E-state index in [1.807, 2.05) is 48.5 Å². The highest BCUT2D eigenvalue weighted by Crippen LogP contribution is 2.23. The Morgan fingerprint density at radius 1 is 0.970 bits per heavy atom. The van der Waals surface area contributed by atoms with Gasteiger partial charge in [0.25, 0.3) is 5.91 Å². The minimum Gasteiger partial charge on any atom is -0.497 e. The van der Waals surface area contributed by atoms with Gasteiger partial charge in [0.15, 0.2) is 11.5 Å². The number of methoxy groups -OCH3 is 1. The summed E-state index contributed by atoms with van der Waals surface area (Å²) in [7, 11) is 1.62. The van der Waals surface area contributed by atoms with Crippen LogP contribution in [0, 0.1) is 0 Å². The molecule has 8 nitrogen and oxygen atoms in total. The number of nitrogens with zero attached hydrogens (tertiary/aromatic N) is 4. The summed E-state index contributed by atoms with van der Waals surface area (Å²) in [4.78, 5) is 12.4. The summed E-state index contributed by atoms with van der Waals surface area (Å²) < 4.78 is 12.6. The molecule has 2 heterocycles. The highest BCUT2D eigenvalue weighted by atomic mass is 16.5. The lowest BCUT2D eigenvalue weighted by atomic mass is 9.87. The van der Waals surface area contributed by atoms with Gasteiger partial charge < -0.3 is 14.8 Å². The largest absolute Gasteiger partial charge is 0.497 e. The maximum absolute atomic E-state index is 12.4. The summed E-state index contributed by atoms with van der Waals surface area (Å²) in [6.07, 6.45) is 0. The third-order valence-electron chi connectivity index (χ3n) is 5.24. The molecule has 1 N–H and O–H groups in total. The van der Waals surface area contributed by atoms with E-state index in [0.29, 0.717) is 29.5 Å². The lowest BCUT2D eigenvalue weighted by molar-refractivity contribution is 0.0946. The van der Waals surface area contributed by atoms with Crippen molar-refractivity contribution in [2.75, 3.05) is 20.3 Å². The van der Waals surface area contributed by atoms with Gasteiger partial charge >= 0.3 is 0 Å². The summed E-state index contributed by atoms with van der Waals surface area (Å²) in [5, 5.41) is 15.8. The molecular formula is C25H27N5O3. The van der Waals surface area contributed by atoms with E-state index in [2.05, 4.69) is 41.4 Å². The van der Waals surface area contributed by atoms with Crippen molar-refractivity contribution in [2.24, 2.45) is 0 Å². The molecule has 0 bridgehead atoms. The van der Waals surface area contributed by atoms with E-state index in [1.54, 1.807) is 23.8 Å². The molecule has 0 spiro atoms. The molecule has 0 saturated heterocycles. The van der Waals surface area contributed by atoms with Crippen molar-refractivity contribution in [1.82, 2.24) is 25.1 Å². The van der Waals surface area contributed by atoms with Gasteiger partial charge in [0.1, 0.15) is 12.4 Å². The number of fused-ring (bicyclic) bond motifs is 1. The van der Waals surface area contributed by atoms with E-state index < -0.39 is 0 Å². The van der Waals surface area contributed by atoms with Gasteiger partial charge in [-0.3, -0.25) is 4.79 Å². The third-order valence-corrected chi connectivity index (χ3v) is 5.24. The summed E-state index contributed by atoms with van der Waals surface area (Å²) in [6.45, 7) is 7.07. The molecule has 0 aliphatic heterocycles. The third kappa shape index (κ3) is 5.11. The highest BCUT2D eigenvalue weighted by molar-refractivity contribution is 5.94. The van der Waals surface area contributed by atoms with Gasteiger partial charge in [-0.25, -0.2) is 0 Å². The van der Waals surface area contributed by atoms with Crippen molar-refractivity contribution in [3.63, 3.8) is 0 Å². The van der Waals surface area contributed by atoms with Crippen LogP contribution in [0.3, 0.4) is 0 Å². The predicted molar refractivity (Wildman–Crippen MR) is 126 cm³/mol. The van der Waals surface area contributed by atoms with Crippen LogP contribution in [-0.4, -0.2) is 46.0 Å². The Kier molecular flexibility index (Phi) is 6.26. The van der Waals surface area contributed by atoms with Gasteiger partial charge in [0, 0.05) is 17.2 Å². The normalized spacial score (nSPS) is 11.4. The number of rotatable bonds is 7. The van der Waals surface area contributed by atoms with E-state index in [4.69, 9.17) is 9.47 Å². The van der Waals surface area contributed by atoms with Gasteiger partial charge in [-0.2, -0.15) is 4.52 Å². The molecule has 2 aromatic carbocycles. The van der Waals surface area contributed by atoms with Crippen molar-refractivity contribution in [1.29, 1.82) is 0 Å². The Labute approximate surface area is 192 Å². The number of nitrogens with one attached hydrogen (secondary N) is 1. The molecule has 8 heteroatoms. The monoisotopic (exact) mass is 445 g/mol. The first-order valence-corrected chi connectivity index (χ1v) is 10.7. The molecule has 1 amide bonds. The van der Waals surface area contributed by atoms with Crippen LogP contribution in [-0.2, 0) is 5.41 Å². The summed E-state index contributed by atoms with van der Waals surface area (Å²) in [6, 6.07) is 18.7. The number of benzene rings is 2. The van der Waals surface area contributed by atoms with E-state index in [1.165, 1.54) is 5.56 Å². The topological polar surface area (TPSA) is 90.6 Å². The number of ether oxygens (including phenoxy) is 2. The van der Waals surface area contributed by atoms with Crippen molar-refractivity contribution in [3.05, 3.63) is 71.8 Å². The van der Waals surface area contributed by atoms with E-state index in [0.717, 1.165) is 11.3 Å². The first-order valence-electron chi connectivity index (χ1n) is 10.7. The molecule has 4 rings (SSSR count). The number of carbonyl (C=O) groups excluding carboxylic acids is 1. The molecule has 0 atom stereocenters. The van der Waals surface area contributed by atoms with Crippen molar-refractivity contribution in [2.45, 2.75) is 26.2 Å². The number of hydrogen-bond donors (Lipinski definition) is 1. The van der Waals surface area contributed by atoms with Gasteiger partial charge in [-0.15, -0.1) is 15.3 Å². The SMILES string of the molecule is COc1ccc(-c2nnc3ccc(OCCNC(=O)c4ccc(C(C)(C)C)cc4)nn23)cc1. The van der Waals surface area contributed by atoms with Crippen LogP contribution < -0.4 is 14.8 Å². The minimum atomic E-state index is -0.136. The second kappa shape index (κ2) is 9.28. The second-order valence-corrected chi connectivity index (χ2v) is 8.63. The quantitative estimate of drug-likeness (QED) is 0.434. The lowest BCUT2D eigenvalue weighted by Gasteiger charge is -2.19. The molecule has 33 heavy (non-hydrogen) atoms. The zero-order valence-electron chi connectivity index (χ0n) is 19.2. The summed E-state index contributed by atoms with van der Waals surface area (Å²) >= 11 is 0. The van der Waals surface area contributed by atoms with Crippen molar-refractivity contribution < 1.29 is 14.3 Å². The van der Waals surface area contributed by atoms with Crippen LogP contribution in [0.5, 0.6) is 11.6 Å². The molecule has 2 aromatic heterocycles. The van der Waals surface area contributed by atoms with E-state index in [-0.39, 0.29) is 17.9 Å². The average Bonchev–Trinajstić information content (AvgIpc) is 3.24. The molecule has 4 aromatic rings. The standard InChI is InChI=1S/C25H27N5O3/c1-25(2,3)19-9-5-18(6-10-19)24(31)26-15-16-33-22-14-13-21-27-28-23(30(21)29-22)17-7-11-20(32-4)12-8-17/h5-14H,15-16H2,1-4H3,(H,26,31). The Hall–Kier alpha value is -3.94. The maximum atomic E-state index is 12.4. The number of aromatic nitrogens is 4. The van der Waals surface area contributed by atoms with Crippen LogP contribution in [0.2, 0.25) is 0 Å². The lowest BCUT2D eigenvalue weighted by Crippen LogP contribution is -2.28. The van der Waals surface area contributed by atoms with Gasteiger partial charge in [0.05, 0.1) is 13.7 Å². The Balaban J connectivity index is 1.36. The Morgan fingerprint density at radius 2 is 1.70 bits per heavy atom. The summed E-state index contributed by atoms with van der Waals surface area (Å²) in [5.41, 5.74) is 3.33. The molecule has 0 aliphatic carbocycles. The van der Waals surface area contributed by atoms with Crippen LogP contribution in [0.1, 0.15) is 36.7 Å². The molecule has 0 unspecified atom stereocenters. The Bertz CT molecular complexity index is 1240. The highest BCUT2D eigenvalue weighted by Gasteiger charge is 2.14. The van der Waals surface area contributed by atoms with Crippen LogP contribution >= 0.6 is 0 Å². The number of hydrogen-bond acceptors (Lipinski definition) is 6. The zero-order valence-corrected chi connectivity index (χ0v) is 19.2. The summed E-state index contributed by atoms with van der Waals surface area (Å²) in [5.74, 6) is 1.64. The number of carbonyl (C=O) groups is 1. The maximum Gasteiger partial charge on any atom is 0.251 e. The fourth-order valence-electron chi connectivity index (χ4n) is 3.31. The van der Waals surface area contributed by atoms with Crippen LogP contribution in [0.25, 0.3) is 17.0 Å². The second-order valence-electron chi connectivity index (χ2n) is 8.63. The molecule has 0 aliphatic rings. The predicted octanol–water partition coefficient (Wildman–Crippen LogP) is 3.91. The molecule has 170 valence electrons. The first kappa shape index (κ1) is 22.3. The van der Waals surface area contributed by atoms with E-state index in [9.17, 15) is 4.79 Å². The molecule has 0 fully saturated rings. The molecule has 0 saturated carbocycles. The fraction of sp³-hybridized carbons (Fsp3) is 0.280. The number of amides is 1. The zero-order chi connectivity index (χ0) is 23.4. The van der Waals surface area contributed by atoms with Crippen molar-refractivity contribution in [3.8, 4) is 23.0 Å². The Morgan fingerprint density at radius 3 is 2.36 bits per heavy atom. The van der Waals surface area contributed by atoms with Crippen LogP contribution in [0.4, 0.5) is 0 Å². The average molecular weight is 446 g/mol. The smallest absolute Gasteiger partial charge is 0.251 e. The molecular weight excluding hydrogens is 418 g/mol. The van der Waals surface area contributed by atoms with Gasteiger partial charge in [0.2, 0.25) is 5.88 Å². The van der Waals surface area contributed by atoms with E-state index >= 15 is 0 Å².